The van der Waals surface area contributed by atoms with E-state index in [-0.39, 0.29) is 6.61 Å². The minimum atomic E-state index is -0.477. The average Bonchev–Trinajstić information content (AvgIpc) is 2.41. The highest BCUT2D eigenvalue weighted by Crippen LogP contribution is 2.22. The number of carbonyl (C=O) groups excluding carboxylic acids is 2. The molecule has 1 rings (SSSR count). The van der Waals surface area contributed by atoms with Gasteiger partial charge in [0.1, 0.15) is 26.7 Å². The Morgan fingerprint density at radius 1 is 1.40 bits per heavy atom. The van der Waals surface area contributed by atoms with E-state index in [1.54, 1.807) is 0 Å². The molecule has 0 bridgehead atoms. The standard InChI is InChI=1S/C9H13BO5/c1-5(11)13-4-8-7(14-6(2)12)3-9(10)15-8/h7-9H,3-4H2,1-2H3/t7-,8-,9-/m1/s1. The predicted molar refractivity (Wildman–Crippen MR) is 51.2 cm³/mol. The van der Waals surface area contributed by atoms with E-state index in [0.717, 1.165) is 0 Å². The molecule has 1 fully saturated rings. The van der Waals surface area contributed by atoms with Crippen LogP contribution in [0.1, 0.15) is 20.3 Å². The predicted octanol–water partition coefficient (Wildman–Crippen LogP) is -0.235. The van der Waals surface area contributed by atoms with Gasteiger partial charge in [0, 0.05) is 26.3 Å². The van der Waals surface area contributed by atoms with Gasteiger partial charge in [-0.05, 0) is 0 Å². The zero-order chi connectivity index (χ0) is 11.4. The normalized spacial score (nSPS) is 29.9. The summed E-state index contributed by atoms with van der Waals surface area (Å²) in [6.45, 7) is 2.67. The van der Waals surface area contributed by atoms with Gasteiger partial charge in [0.2, 0.25) is 0 Å². The number of hydrogen-bond donors (Lipinski definition) is 0. The summed E-state index contributed by atoms with van der Waals surface area (Å²) in [5.41, 5.74) is 0. The van der Waals surface area contributed by atoms with Crippen LogP contribution in [-0.4, -0.2) is 44.6 Å². The third-order valence-electron chi connectivity index (χ3n) is 2.00. The van der Waals surface area contributed by atoms with E-state index in [1.165, 1.54) is 13.8 Å². The minimum absolute atomic E-state index is 0.0565. The molecule has 0 amide bonds. The second-order valence-corrected chi connectivity index (χ2v) is 3.40. The van der Waals surface area contributed by atoms with E-state index in [1.807, 2.05) is 0 Å². The van der Waals surface area contributed by atoms with Crippen LogP contribution < -0.4 is 0 Å². The molecule has 3 atom stereocenters. The van der Waals surface area contributed by atoms with E-state index in [9.17, 15) is 9.59 Å². The fourth-order valence-electron chi connectivity index (χ4n) is 1.43. The van der Waals surface area contributed by atoms with Crippen LogP contribution >= 0.6 is 0 Å². The summed E-state index contributed by atoms with van der Waals surface area (Å²) in [7, 11) is 5.54. The van der Waals surface area contributed by atoms with Crippen LogP contribution in [0.5, 0.6) is 0 Å². The van der Waals surface area contributed by atoms with Crippen LogP contribution in [-0.2, 0) is 23.8 Å². The van der Waals surface area contributed by atoms with Crippen molar-refractivity contribution in [2.24, 2.45) is 0 Å². The Hall–Kier alpha value is -1.04. The molecular weight excluding hydrogens is 199 g/mol. The second-order valence-electron chi connectivity index (χ2n) is 3.40. The van der Waals surface area contributed by atoms with Gasteiger partial charge < -0.3 is 14.2 Å². The maximum absolute atomic E-state index is 10.8. The van der Waals surface area contributed by atoms with Crippen LogP contribution in [0, 0.1) is 0 Å². The largest absolute Gasteiger partial charge is 0.463 e. The number of carbonyl (C=O) groups is 2. The molecule has 0 aromatic heterocycles. The highest BCUT2D eigenvalue weighted by molar-refractivity contribution is 6.11. The van der Waals surface area contributed by atoms with Crippen molar-refractivity contribution in [3.05, 3.63) is 0 Å². The smallest absolute Gasteiger partial charge is 0.302 e. The van der Waals surface area contributed by atoms with Crippen molar-refractivity contribution < 1.29 is 23.8 Å². The summed E-state index contributed by atoms with van der Waals surface area (Å²) in [5, 5.41) is 0. The Balaban J connectivity index is 2.45. The first-order chi connectivity index (χ1) is 6.99. The quantitative estimate of drug-likeness (QED) is 0.477. The molecule has 1 saturated heterocycles. The molecule has 0 aliphatic carbocycles. The molecule has 0 unspecified atom stereocenters. The van der Waals surface area contributed by atoms with Crippen LogP contribution in [0.4, 0.5) is 0 Å². The molecule has 1 aliphatic heterocycles. The van der Waals surface area contributed by atoms with Gasteiger partial charge >= 0.3 is 11.9 Å². The maximum Gasteiger partial charge on any atom is 0.302 e. The fourth-order valence-corrected chi connectivity index (χ4v) is 1.43. The van der Waals surface area contributed by atoms with Gasteiger partial charge in [-0.3, -0.25) is 9.59 Å². The Morgan fingerprint density at radius 2 is 2.07 bits per heavy atom. The van der Waals surface area contributed by atoms with Crippen LogP contribution in [0.25, 0.3) is 0 Å². The molecular formula is C9H13BO5. The summed E-state index contributed by atoms with van der Waals surface area (Å²) in [5.74, 6) is -0.800. The fraction of sp³-hybridized carbons (Fsp3) is 0.778. The number of ether oxygens (including phenoxy) is 3. The monoisotopic (exact) mass is 212 g/mol. The van der Waals surface area contributed by atoms with E-state index in [0.29, 0.717) is 6.42 Å². The maximum atomic E-state index is 10.8. The molecule has 15 heavy (non-hydrogen) atoms. The minimum Gasteiger partial charge on any atom is -0.463 e. The highest BCUT2D eigenvalue weighted by atomic mass is 16.6. The first-order valence-electron chi connectivity index (χ1n) is 4.70. The summed E-state index contributed by atoms with van der Waals surface area (Å²) in [6.07, 6.45) is -0.476. The Kier molecular flexibility index (Phi) is 4.14. The molecule has 1 aliphatic rings. The van der Waals surface area contributed by atoms with E-state index >= 15 is 0 Å². The average molecular weight is 212 g/mol. The van der Waals surface area contributed by atoms with Crippen LogP contribution in [0.3, 0.4) is 0 Å². The Bertz CT molecular complexity index is 255. The summed E-state index contributed by atoms with van der Waals surface area (Å²) in [6, 6.07) is -0.477. The molecule has 0 aromatic carbocycles. The Labute approximate surface area is 89.5 Å². The molecule has 5 nitrogen and oxygen atoms in total. The summed E-state index contributed by atoms with van der Waals surface area (Å²) >= 11 is 0. The zero-order valence-electron chi connectivity index (χ0n) is 8.76. The SMILES string of the molecule is [B][C@H]1C[C@@H](OC(C)=O)[C@@H](COC(C)=O)O1. The lowest BCUT2D eigenvalue weighted by Crippen LogP contribution is -2.31. The Morgan fingerprint density at radius 3 is 2.60 bits per heavy atom. The third-order valence-corrected chi connectivity index (χ3v) is 2.00. The molecule has 0 N–H and O–H groups in total. The van der Waals surface area contributed by atoms with Crippen LogP contribution in [0.2, 0.25) is 0 Å². The summed E-state index contributed by atoms with van der Waals surface area (Å²) < 4.78 is 15.0. The lowest BCUT2D eigenvalue weighted by molar-refractivity contribution is -0.154. The molecule has 2 radical (unpaired) electrons. The van der Waals surface area contributed by atoms with Crippen molar-refractivity contribution in [2.75, 3.05) is 6.61 Å². The first kappa shape index (κ1) is 12.0. The molecule has 1 heterocycles. The van der Waals surface area contributed by atoms with Crippen LogP contribution in [0.15, 0.2) is 0 Å². The molecule has 0 spiro atoms. The first-order valence-corrected chi connectivity index (χ1v) is 4.70. The van der Waals surface area contributed by atoms with E-state index in [2.05, 4.69) is 0 Å². The number of rotatable bonds is 3. The van der Waals surface area contributed by atoms with Gasteiger partial charge in [-0.25, -0.2) is 0 Å². The summed E-state index contributed by atoms with van der Waals surface area (Å²) in [4.78, 5) is 21.4. The van der Waals surface area contributed by atoms with Gasteiger partial charge in [0.25, 0.3) is 0 Å². The van der Waals surface area contributed by atoms with Gasteiger partial charge in [0.15, 0.2) is 0 Å². The van der Waals surface area contributed by atoms with Gasteiger partial charge in [-0.2, -0.15) is 0 Å². The highest BCUT2D eigenvalue weighted by Gasteiger charge is 2.35. The van der Waals surface area contributed by atoms with Crippen molar-refractivity contribution >= 4 is 19.8 Å². The number of hydrogen-bond acceptors (Lipinski definition) is 5. The van der Waals surface area contributed by atoms with Crippen molar-refractivity contribution in [3.8, 4) is 0 Å². The molecule has 0 saturated carbocycles. The lowest BCUT2D eigenvalue weighted by Gasteiger charge is -2.17. The number of esters is 2. The third kappa shape index (κ3) is 3.91. The van der Waals surface area contributed by atoms with Crippen molar-refractivity contribution in [2.45, 2.75) is 38.5 Å². The molecule has 6 heteroatoms. The van der Waals surface area contributed by atoms with Crippen molar-refractivity contribution in [1.82, 2.24) is 0 Å². The molecule has 82 valence electrons. The van der Waals surface area contributed by atoms with Crippen molar-refractivity contribution in [3.63, 3.8) is 0 Å². The van der Waals surface area contributed by atoms with Gasteiger partial charge in [-0.1, -0.05) is 0 Å². The van der Waals surface area contributed by atoms with E-state index < -0.39 is 30.1 Å². The van der Waals surface area contributed by atoms with Gasteiger partial charge in [0.05, 0.1) is 0 Å². The zero-order valence-corrected chi connectivity index (χ0v) is 8.76. The topological polar surface area (TPSA) is 61.8 Å². The van der Waals surface area contributed by atoms with E-state index in [4.69, 9.17) is 22.1 Å². The van der Waals surface area contributed by atoms with Crippen molar-refractivity contribution in [1.29, 1.82) is 0 Å². The molecule has 0 aromatic rings. The lowest BCUT2D eigenvalue weighted by atomic mass is 9.96. The second kappa shape index (κ2) is 5.16. The van der Waals surface area contributed by atoms with Gasteiger partial charge in [-0.15, -0.1) is 0 Å².